The summed E-state index contributed by atoms with van der Waals surface area (Å²) < 4.78 is 6.12. The van der Waals surface area contributed by atoms with E-state index in [1.807, 2.05) is 37.4 Å². The van der Waals surface area contributed by atoms with Gasteiger partial charge in [-0.3, -0.25) is 0 Å². The molecule has 2 N–H and O–H groups in total. The zero-order chi connectivity index (χ0) is 22.9. The van der Waals surface area contributed by atoms with Crippen molar-refractivity contribution in [2.45, 2.75) is 20.3 Å². The third-order valence-corrected chi connectivity index (χ3v) is 7.14. The van der Waals surface area contributed by atoms with Gasteiger partial charge in [0, 0.05) is 59.9 Å². The van der Waals surface area contributed by atoms with E-state index in [-0.39, 0.29) is 6.01 Å². The second kappa shape index (κ2) is 9.17. The fraction of sp³-hybridized carbons (Fsp3) is 0.348. The van der Waals surface area contributed by atoms with Crippen molar-refractivity contribution in [2.75, 3.05) is 43.4 Å². The van der Waals surface area contributed by atoms with Crippen molar-refractivity contribution < 1.29 is 4.74 Å². The van der Waals surface area contributed by atoms with Gasteiger partial charge in [0.25, 0.3) is 0 Å². The quantitative estimate of drug-likeness (QED) is 0.388. The number of likely N-dealkylation sites (N-methyl/N-ethyl adjacent to an activating group) is 1. The maximum atomic E-state index is 6.66. The molecule has 172 valence electrons. The van der Waals surface area contributed by atoms with Crippen molar-refractivity contribution in [2.24, 2.45) is 0 Å². The van der Waals surface area contributed by atoms with Crippen LogP contribution >= 0.6 is 22.9 Å². The van der Waals surface area contributed by atoms with E-state index in [1.165, 1.54) is 4.88 Å². The summed E-state index contributed by atoms with van der Waals surface area (Å²) >= 11 is 8.27. The number of ether oxygens (including phenoxy) is 1. The highest BCUT2D eigenvalue weighted by Crippen LogP contribution is 2.36. The molecule has 8 nitrogen and oxygen atoms in total. The summed E-state index contributed by atoms with van der Waals surface area (Å²) in [4.78, 5) is 22.9. The Balaban J connectivity index is 1.48. The number of aryl methyl sites for hydroxylation is 2. The molecule has 0 radical (unpaired) electrons. The van der Waals surface area contributed by atoms with Gasteiger partial charge in [0.1, 0.15) is 17.4 Å². The average molecular weight is 484 g/mol. The number of aromatic nitrogens is 4. The van der Waals surface area contributed by atoms with Crippen LogP contribution in [0.2, 0.25) is 5.02 Å². The zero-order valence-corrected chi connectivity index (χ0v) is 20.4. The molecule has 0 aliphatic carbocycles. The molecule has 1 aromatic carbocycles. The number of fused-ring (bicyclic) bond motifs is 1. The molecule has 0 amide bonds. The van der Waals surface area contributed by atoms with E-state index in [4.69, 9.17) is 21.3 Å². The van der Waals surface area contributed by atoms with Crippen molar-refractivity contribution in [3.05, 3.63) is 46.1 Å². The highest BCUT2D eigenvalue weighted by atomic mass is 35.5. The Kier molecular flexibility index (Phi) is 6.09. The van der Waals surface area contributed by atoms with Crippen molar-refractivity contribution in [3.8, 4) is 11.8 Å². The van der Waals surface area contributed by atoms with E-state index in [1.54, 1.807) is 11.3 Å². The number of thiazole rings is 1. The molecular weight excluding hydrogens is 458 g/mol. The molecule has 1 aliphatic rings. The topological polar surface area (TPSA) is 82.2 Å². The Morgan fingerprint density at radius 1 is 1.18 bits per heavy atom. The third kappa shape index (κ3) is 4.75. The fourth-order valence-corrected chi connectivity index (χ4v) is 4.84. The molecule has 5 rings (SSSR count). The predicted octanol–water partition coefficient (Wildman–Crippen LogP) is 5.23. The molecule has 10 heteroatoms. The number of anilines is 3. The zero-order valence-electron chi connectivity index (χ0n) is 18.9. The van der Waals surface area contributed by atoms with Gasteiger partial charge in [0.2, 0.25) is 0 Å². The van der Waals surface area contributed by atoms with Gasteiger partial charge in [-0.15, -0.1) is 11.3 Å². The second-order valence-electron chi connectivity index (χ2n) is 8.19. The number of nitrogens with zero attached hydrogens (tertiary/aromatic N) is 5. The van der Waals surface area contributed by atoms with E-state index in [0.717, 1.165) is 60.1 Å². The lowest BCUT2D eigenvalue weighted by molar-refractivity contribution is 0.311. The SMILES string of the molecule is CCc1cnc(Nc2cc(N3CCN(C)CC3)nc(Oc3ccc4[nH]c(C)cc4c3Cl)n2)s1. The van der Waals surface area contributed by atoms with Gasteiger partial charge in [0.05, 0.1) is 5.02 Å². The van der Waals surface area contributed by atoms with Gasteiger partial charge in [0.15, 0.2) is 5.13 Å². The fourth-order valence-electron chi connectivity index (χ4n) is 3.82. The van der Waals surface area contributed by atoms with Crippen LogP contribution in [0, 0.1) is 6.92 Å². The first-order chi connectivity index (χ1) is 16.0. The molecule has 0 spiro atoms. The van der Waals surface area contributed by atoms with Crippen LogP contribution < -0.4 is 15.0 Å². The van der Waals surface area contributed by atoms with E-state index in [0.29, 0.717) is 16.6 Å². The lowest BCUT2D eigenvalue weighted by Crippen LogP contribution is -2.44. The Bertz CT molecular complexity index is 1280. The van der Waals surface area contributed by atoms with E-state index in [9.17, 15) is 0 Å². The van der Waals surface area contributed by atoms with Crippen LogP contribution in [0.5, 0.6) is 11.8 Å². The molecule has 33 heavy (non-hydrogen) atoms. The van der Waals surface area contributed by atoms with Crippen LogP contribution in [0.25, 0.3) is 10.9 Å². The summed E-state index contributed by atoms with van der Waals surface area (Å²) in [6, 6.07) is 8.00. The molecule has 3 aromatic heterocycles. The highest BCUT2D eigenvalue weighted by molar-refractivity contribution is 7.15. The minimum absolute atomic E-state index is 0.245. The monoisotopic (exact) mass is 483 g/mol. The molecule has 0 unspecified atom stereocenters. The largest absolute Gasteiger partial charge is 0.423 e. The molecule has 1 fully saturated rings. The first-order valence-electron chi connectivity index (χ1n) is 11.0. The van der Waals surface area contributed by atoms with Gasteiger partial charge >= 0.3 is 6.01 Å². The standard InChI is InChI=1S/C23H26ClN7OS/c1-4-15-13-25-23(33-15)28-19-12-20(31-9-7-30(3)8-10-31)29-22(27-19)32-18-6-5-17-16(21(18)24)11-14(2)26-17/h5-6,11-13,26H,4,7-10H2,1-3H3,(H,25,27,28,29). The van der Waals surface area contributed by atoms with Crippen LogP contribution in [0.3, 0.4) is 0 Å². The number of benzene rings is 1. The van der Waals surface area contributed by atoms with Gasteiger partial charge in [-0.05, 0) is 38.6 Å². The number of piperazine rings is 1. The molecule has 1 saturated heterocycles. The van der Waals surface area contributed by atoms with Crippen molar-refractivity contribution in [1.29, 1.82) is 0 Å². The van der Waals surface area contributed by atoms with Crippen molar-refractivity contribution >= 4 is 50.6 Å². The molecule has 0 saturated carbocycles. The Hall–Kier alpha value is -2.88. The van der Waals surface area contributed by atoms with Crippen LogP contribution in [-0.4, -0.2) is 58.1 Å². The van der Waals surface area contributed by atoms with Crippen LogP contribution in [-0.2, 0) is 6.42 Å². The number of hydrogen-bond acceptors (Lipinski definition) is 8. The molecule has 4 aromatic rings. The third-order valence-electron chi connectivity index (χ3n) is 5.69. The van der Waals surface area contributed by atoms with Crippen LogP contribution in [0.1, 0.15) is 17.5 Å². The summed E-state index contributed by atoms with van der Waals surface area (Å²) in [6.45, 7) is 7.85. The first-order valence-corrected chi connectivity index (χ1v) is 12.2. The molecule has 0 atom stereocenters. The summed E-state index contributed by atoms with van der Waals surface area (Å²) in [5.41, 5.74) is 2.01. The molecule has 4 heterocycles. The van der Waals surface area contributed by atoms with Gasteiger partial charge < -0.3 is 24.8 Å². The minimum atomic E-state index is 0.245. The Morgan fingerprint density at radius 2 is 2.00 bits per heavy atom. The van der Waals surface area contributed by atoms with Gasteiger partial charge in [-0.25, -0.2) is 4.98 Å². The van der Waals surface area contributed by atoms with E-state index >= 15 is 0 Å². The highest BCUT2D eigenvalue weighted by Gasteiger charge is 2.19. The molecule has 0 bridgehead atoms. The number of aromatic amines is 1. The maximum Gasteiger partial charge on any atom is 0.325 e. The van der Waals surface area contributed by atoms with E-state index < -0.39 is 0 Å². The minimum Gasteiger partial charge on any atom is -0.423 e. The number of hydrogen-bond donors (Lipinski definition) is 2. The van der Waals surface area contributed by atoms with E-state index in [2.05, 4.69) is 44.0 Å². The molecule has 1 aliphatic heterocycles. The van der Waals surface area contributed by atoms with Gasteiger partial charge in [-0.1, -0.05) is 18.5 Å². The Morgan fingerprint density at radius 3 is 2.76 bits per heavy atom. The summed E-state index contributed by atoms with van der Waals surface area (Å²) in [6.07, 6.45) is 2.84. The average Bonchev–Trinajstić information content (AvgIpc) is 3.42. The smallest absolute Gasteiger partial charge is 0.325 e. The van der Waals surface area contributed by atoms with Crippen LogP contribution in [0.4, 0.5) is 16.8 Å². The summed E-state index contributed by atoms with van der Waals surface area (Å²) in [5.74, 6) is 1.98. The summed E-state index contributed by atoms with van der Waals surface area (Å²) in [5, 5.41) is 5.56. The predicted molar refractivity (Wildman–Crippen MR) is 135 cm³/mol. The number of rotatable bonds is 6. The lowest BCUT2D eigenvalue weighted by Gasteiger charge is -2.33. The van der Waals surface area contributed by atoms with Gasteiger partial charge in [-0.2, -0.15) is 9.97 Å². The lowest BCUT2D eigenvalue weighted by atomic mass is 10.2. The Labute approximate surface area is 201 Å². The molecular formula is C23H26ClN7OS. The normalized spacial score (nSPS) is 14.7. The number of nitrogens with one attached hydrogen (secondary N) is 2. The first kappa shape index (κ1) is 21.9. The second-order valence-corrected chi connectivity index (χ2v) is 9.68. The van der Waals surface area contributed by atoms with Crippen molar-refractivity contribution in [3.63, 3.8) is 0 Å². The van der Waals surface area contributed by atoms with Crippen LogP contribution in [0.15, 0.2) is 30.5 Å². The van der Waals surface area contributed by atoms with Crippen molar-refractivity contribution in [1.82, 2.24) is 24.8 Å². The number of halogens is 1. The maximum absolute atomic E-state index is 6.66. The number of H-pyrrole nitrogens is 1. The summed E-state index contributed by atoms with van der Waals surface area (Å²) in [7, 11) is 2.13.